The summed E-state index contributed by atoms with van der Waals surface area (Å²) in [4.78, 5) is 11.8. The van der Waals surface area contributed by atoms with E-state index < -0.39 is 0 Å². The van der Waals surface area contributed by atoms with Crippen molar-refractivity contribution in [2.24, 2.45) is 0 Å². The van der Waals surface area contributed by atoms with Crippen LogP contribution in [0.3, 0.4) is 0 Å². The molecule has 0 atom stereocenters. The molecule has 2 aromatic rings. The average molecular weight is 359 g/mol. The van der Waals surface area contributed by atoms with Crippen LogP contribution in [0.4, 0.5) is 0 Å². The Morgan fingerprint density at radius 3 is 2.20 bits per heavy atom. The standard InChI is InChI=1S/C21H23ClO3/c22-18-9-5-16(6-10-18)15-17-7-11-19(12-8-17)24-14-13-21(23)25-20-3-1-2-4-20/h5-12,20H,1-4,13-15H2. The van der Waals surface area contributed by atoms with Crippen LogP contribution in [0.25, 0.3) is 0 Å². The number of carbonyl (C=O) groups excluding carboxylic acids is 1. The summed E-state index contributed by atoms with van der Waals surface area (Å²) in [6.07, 6.45) is 5.60. The van der Waals surface area contributed by atoms with Crippen molar-refractivity contribution < 1.29 is 14.3 Å². The molecule has 2 aromatic carbocycles. The second kappa shape index (κ2) is 8.91. The quantitative estimate of drug-likeness (QED) is 0.639. The van der Waals surface area contributed by atoms with Crippen molar-refractivity contribution in [3.8, 4) is 5.75 Å². The van der Waals surface area contributed by atoms with Crippen LogP contribution in [-0.2, 0) is 16.0 Å². The second-order valence-electron chi connectivity index (χ2n) is 6.44. The molecule has 25 heavy (non-hydrogen) atoms. The number of hydrogen-bond donors (Lipinski definition) is 0. The summed E-state index contributed by atoms with van der Waals surface area (Å²) in [5.41, 5.74) is 2.42. The maximum absolute atomic E-state index is 11.8. The molecule has 0 spiro atoms. The monoisotopic (exact) mass is 358 g/mol. The number of carbonyl (C=O) groups is 1. The van der Waals surface area contributed by atoms with Crippen molar-refractivity contribution >= 4 is 17.6 Å². The van der Waals surface area contributed by atoms with Crippen molar-refractivity contribution in [3.05, 3.63) is 64.7 Å². The number of benzene rings is 2. The smallest absolute Gasteiger partial charge is 0.309 e. The molecule has 3 nitrogen and oxygen atoms in total. The molecule has 0 amide bonds. The molecule has 0 saturated heterocycles. The Kier molecular flexibility index (Phi) is 6.35. The predicted octanol–water partition coefficient (Wildman–Crippen LogP) is 5.19. The lowest BCUT2D eigenvalue weighted by atomic mass is 10.1. The second-order valence-corrected chi connectivity index (χ2v) is 6.88. The highest BCUT2D eigenvalue weighted by Crippen LogP contribution is 2.21. The fraction of sp³-hybridized carbons (Fsp3) is 0.381. The minimum atomic E-state index is -0.161. The summed E-state index contributed by atoms with van der Waals surface area (Å²) in [6, 6.07) is 15.8. The Hall–Kier alpha value is -2.00. The molecule has 3 rings (SSSR count). The molecule has 0 N–H and O–H groups in total. The maximum Gasteiger partial charge on any atom is 0.309 e. The summed E-state index contributed by atoms with van der Waals surface area (Å²) in [5, 5.41) is 0.749. The van der Waals surface area contributed by atoms with Gasteiger partial charge in [-0.1, -0.05) is 35.9 Å². The van der Waals surface area contributed by atoms with Crippen molar-refractivity contribution in [3.63, 3.8) is 0 Å². The summed E-state index contributed by atoms with van der Waals surface area (Å²) >= 11 is 5.90. The first-order chi connectivity index (χ1) is 12.2. The Bertz CT molecular complexity index is 673. The normalized spacial score (nSPS) is 14.4. The average Bonchev–Trinajstić information content (AvgIpc) is 3.11. The number of halogens is 1. The largest absolute Gasteiger partial charge is 0.493 e. The molecule has 132 valence electrons. The van der Waals surface area contributed by atoms with Gasteiger partial charge >= 0.3 is 5.97 Å². The topological polar surface area (TPSA) is 35.5 Å². The van der Waals surface area contributed by atoms with E-state index in [0.29, 0.717) is 13.0 Å². The van der Waals surface area contributed by atoms with E-state index in [0.717, 1.165) is 42.9 Å². The van der Waals surface area contributed by atoms with E-state index in [1.54, 1.807) is 0 Å². The Morgan fingerprint density at radius 2 is 1.56 bits per heavy atom. The fourth-order valence-electron chi connectivity index (χ4n) is 3.04. The van der Waals surface area contributed by atoms with Gasteiger partial charge in [0.25, 0.3) is 0 Å². The Labute approximate surface area is 153 Å². The lowest BCUT2D eigenvalue weighted by Gasteiger charge is -2.12. The van der Waals surface area contributed by atoms with Crippen molar-refractivity contribution in [1.29, 1.82) is 0 Å². The first kappa shape index (κ1) is 17.8. The highest BCUT2D eigenvalue weighted by atomic mass is 35.5. The van der Waals surface area contributed by atoms with E-state index >= 15 is 0 Å². The summed E-state index contributed by atoms with van der Waals surface area (Å²) in [5.74, 6) is 0.611. The molecule has 0 aliphatic heterocycles. The first-order valence-corrected chi connectivity index (χ1v) is 9.22. The molecule has 0 aromatic heterocycles. The fourth-order valence-corrected chi connectivity index (χ4v) is 3.17. The minimum absolute atomic E-state index is 0.125. The molecular weight excluding hydrogens is 336 g/mol. The van der Waals surface area contributed by atoms with Crippen LogP contribution >= 0.6 is 11.6 Å². The highest BCUT2D eigenvalue weighted by molar-refractivity contribution is 6.30. The predicted molar refractivity (Wildman–Crippen MR) is 99.2 cm³/mol. The zero-order valence-electron chi connectivity index (χ0n) is 14.2. The van der Waals surface area contributed by atoms with Crippen molar-refractivity contribution in [2.45, 2.75) is 44.6 Å². The number of rotatable bonds is 7. The summed E-state index contributed by atoms with van der Waals surface area (Å²) in [7, 11) is 0. The molecule has 1 aliphatic rings. The van der Waals surface area contributed by atoms with Crippen LogP contribution in [0, 0.1) is 0 Å². The SMILES string of the molecule is O=C(CCOc1ccc(Cc2ccc(Cl)cc2)cc1)OC1CCCC1. The number of ether oxygens (including phenoxy) is 2. The highest BCUT2D eigenvalue weighted by Gasteiger charge is 2.18. The van der Waals surface area contributed by atoms with E-state index in [1.807, 2.05) is 48.5 Å². The van der Waals surface area contributed by atoms with Gasteiger partial charge in [0.05, 0.1) is 13.0 Å². The molecular formula is C21H23ClO3. The summed E-state index contributed by atoms with van der Waals surface area (Å²) < 4.78 is 11.1. The van der Waals surface area contributed by atoms with Crippen LogP contribution in [-0.4, -0.2) is 18.7 Å². The van der Waals surface area contributed by atoms with Gasteiger partial charge in [-0.25, -0.2) is 0 Å². The molecule has 0 radical (unpaired) electrons. The molecule has 0 bridgehead atoms. The van der Waals surface area contributed by atoms with Gasteiger partial charge in [0.15, 0.2) is 0 Å². The van der Waals surface area contributed by atoms with Gasteiger partial charge in [0.2, 0.25) is 0 Å². The van der Waals surface area contributed by atoms with Gasteiger partial charge in [0, 0.05) is 5.02 Å². The lowest BCUT2D eigenvalue weighted by molar-refractivity contribution is -0.149. The van der Waals surface area contributed by atoms with Crippen molar-refractivity contribution in [2.75, 3.05) is 6.61 Å². The van der Waals surface area contributed by atoms with Crippen LogP contribution in [0.15, 0.2) is 48.5 Å². The van der Waals surface area contributed by atoms with Gasteiger partial charge in [-0.15, -0.1) is 0 Å². The van der Waals surface area contributed by atoms with Gasteiger partial charge < -0.3 is 9.47 Å². The van der Waals surface area contributed by atoms with E-state index in [-0.39, 0.29) is 12.1 Å². The molecule has 1 fully saturated rings. The van der Waals surface area contributed by atoms with Gasteiger partial charge in [-0.2, -0.15) is 0 Å². The minimum Gasteiger partial charge on any atom is -0.493 e. The van der Waals surface area contributed by atoms with Gasteiger partial charge in [0.1, 0.15) is 11.9 Å². The van der Waals surface area contributed by atoms with Gasteiger partial charge in [-0.3, -0.25) is 4.79 Å². The van der Waals surface area contributed by atoms with Crippen LogP contribution in [0.1, 0.15) is 43.2 Å². The van der Waals surface area contributed by atoms with E-state index in [4.69, 9.17) is 21.1 Å². The summed E-state index contributed by atoms with van der Waals surface area (Å²) in [6.45, 7) is 0.349. The molecule has 0 unspecified atom stereocenters. The molecule has 1 saturated carbocycles. The Balaban J connectivity index is 1.41. The molecule has 0 heterocycles. The third-order valence-electron chi connectivity index (χ3n) is 4.42. The van der Waals surface area contributed by atoms with Gasteiger partial charge in [-0.05, 0) is 67.5 Å². The molecule has 4 heteroatoms. The van der Waals surface area contributed by atoms with Crippen LogP contribution < -0.4 is 4.74 Å². The molecule has 1 aliphatic carbocycles. The lowest BCUT2D eigenvalue weighted by Crippen LogP contribution is -2.16. The van der Waals surface area contributed by atoms with E-state index in [9.17, 15) is 4.79 Å². The third kappa shape index (κ3) is 5.79. The zero-order chi connectivity index (χ0) is 17.5. The third-order valence-corrected chi connectivity index (χ3v) is 4.67. The maximum atomic E-state index is 11.8. The number of hydrogen-bond acceptors (Lipinski definition) is 3. The van der Waals surface area contributed by atoms with Crippen molar-refractivity contribution in [1.82, 2.24) is 0 Å². The van der Waals surface area contributed by atoms with Crippen LogP contribution in [0.2, 0.25) is 5.02 Å². The zero-order valence-corrected chi connectivity index (χ0v) is 15.0. The van der Waals surface area contributed by atoms with E-state index in [1.165, 1.54) is 11.1 Å². The first-order valence-electron chi connectivity index (χ1n) is 8.85. The van der Waals surface area contributed by atoms with Crippen LogP contribution in [0.5, 0.6) is 5.75 Å². The Morgan fingerprint density at radius 1 is 0.960 bits per heavy atom. The van der Waals surface area contributed by atoms with E-state index in [2.05, 4.69) is 0 Å². The number of esters is 1.